The molecule has 118 valence electrons. The Labute approximate surface area is 126 Å². The van der Waals surface area contributed by atoms with Gasteiger partial charge in [0.2, 0.25) is 0 Å². The minimum atomic E-state index is -3.16. The highest BCUT2D eigenvalue weighted by atomic mass is 32.2. The minimum Gasteiger partial charge on any atom is -0.455 e. The van der Waals surface area contributed by atoms with Gasteiger partial charge in [0, 0.05) is 12.3 Å². The van der Waals surface area contributed by atoms with Crippen LogP contribution in [0.4, 0.5) is 0 Å². The Morgan fingerprint density at radius 1 is 1.29 bits per heavy atom. The van der Waals surface area contributed by atoms with E-state index in [1.165, 1.54) is 12.5 Å². The van der Waals surface area contributed by atoms with Gasteiger partial charge in [-0.15, -0.1) is 0 Å². The molecule has 6 heteroatoms. The van der Waals surface area contributed by atoms with Crippen molar-refractivity contribution in [1.29, 1.82) is 0 Å². The second-order valence-electron chi connectivity index (χ2n) is 6.22. The lowest BCUT2D eigenvalue weighted by atomic mass is 9.78. The van der Waals surface area contributed by atoms with Crippen molar-refractivity contribution in [2.45, 2.75) is 44.9 Å². The number of furan rings is 1. The van der Waals surface area contributed by atoms with Crippen LogP contribution in [0.15, 0.2) is 16.5 Å². The number of hydrogen-bond acceptors (Lipinski definition) is 4. The van der Waals surface area contributed by atoms with Crippen molar-refractivity contribution < 1.29 is 17.6 Å². The van der Waals surface area contributed by atoms with E-state index in [-0.39, 0.29) is 23.5 Å². The van der Waals surface area contributed by atoms with Gasteiger partial charge in [0.1, 0.15) is 11.5 Å². The van der Waals surface area contributed by atoms with E-state index in [4.69, 9.17) is 4.42 Å². The van der Waals surface area contributed by atoms with Gasteiger partial charge in [0.25, 0.3) is 5.91 Å². The number of carbonyl (C=O) groups is 1. The Balaban J connectivity index is 2.03. The first-order valence-corrected chi connectivity index (χ1v) is 9.39. The fourth-order valence-corrected chi connectivity index (χ4v) is 3.70. The molecule has 0 spiro atoms. The molecule has 5 nitrogen and oxygen atoms in total. The van der Waals surface area contributed by atoms with E-state index in [1.54, 1.807) is 6.07 Å². The van der Waals surface area contributed by atoms with Crippen LogP contribution in [-0.4, -0.2) is 26.6 Å². The third-order valence-corrected chi connectivity index (χ3v) is 4.94. The summed E-state index contributed by atoms with van der Waals surface area (Å²) in [4.78, 5) is 12.2. The summed E-state index contributed by atoms with van der Waals surface area (Å²) in [5, 5.41) is 3.03. The summed E-state index contributed by atoms with van der Waals surface area (Å²) in [6, 6.07) is 3.23. The van der Waals surface area contributed by atoms with Crippen LogP contribution in [0.1, 0.15) is 49.4 Å². The van der Waals surface area contributed by atoms with Crippen LogP contribution in [0.3, 0.4) is 0 Å². The van der Waals surface area contributed by atoms with Crippen LogP contribution in [0, 0.1) is 11.8 Å². The van der Waals surface area contributed by atoms with Crippen molar-refractivity contribution in [2.24, 2.45) is 11.8 Å². The van der Waals surface area contributed by atoms with Gasteiger partial charge in [-0.2, -0.15) is 0 Å². The maximum absolute atomic E-state index is 12.2. The number of hydrogen-bond donors (Lipinski definition) is 1. The van der Waals surface area contributed by atoms with Crippen molar-refractivity contribution in [1.82, 2.24) is 5.32 Å². The van der Waals surface area contributed by atoms with Crippen LogP contribution in [-0.2, 0) is 15.6 Å². The first kappa shape index (κ1) is 16.1. The third kappa shape index (κ3) is 4.33. The Kier molecular flexibility index (Phi) is 4.76. The number of rotatable bonds is 4. The Bertz CT molecular complexity index is 595. The summed E-state index contributed by atoms with van der Waals surface area (Å²) in [7, 11) is -3.16. The molecular formula is C15H23NO4S. The summed E-state index contributed by atoms with van der Waals surface area (Å²) in [5.74, 6) is 0.925. The van der Waals surface area contributed by atoms with Gasteiger partial charge in [-0.05, 0) is 36.8 Å². The lowest BCUT2D eigenvalue weighted by Crippen LogP contribution is -2.45. The summed E-state index contributed by atoms with van der Waals surface area (Å²) in [6.07, 6.45) is 4.58. The van der Waals surface area contributed by atoms with E-state index in [1.807, 2.05) is 0 Å². The normalized spacial score (nSPS) is 26.5. The molecule has 1 N–H and O–H groups in total. The molecule has 3 atom stereocenters. The molecule has 1 heterocycles. The standard InChI is InChI=1S/C15H23NO4S/c1-10-5-4-6-11(2)14(10)16-15(17)13-8-7-12(20-13)9-21(3,18)19/h7-8,10-11,14H,4-6,9H2,1-3H3,(H,16,17)/t10-,11+,14?. The van der Waals surface area contributed by atoms with Gasteiger partial charge < -0.3 is 9.73 Å². The van der Waals surface area contributed by atoms with E-state index in [0.29, 0.717) is 17.6 Å². The third-order valence-electron chi connectivity index (χ3n) is 4.13. The fraction of sp³-hybridized carbons (Fsp3) is 0.667. The first-order chi connectivity index (χ1) is 9.76. The zero-order chi connectivity index (χ0) is 15.6. The molecule has 1 fully saturated rings. The van der Waals surface area contributed by atoms with Crippen LogP contribution in [0.5, 0.6) is 0 Å². The molecule has 2 rings (SSSR count). The SMILES string of the molecule is C[C@@H]1CCC[C@H](C)C1NC(=O)c1ccc(CS(C)(=O)=O)o1. The van der Waals surface area contributed by atoms with Crippen LogP contribution in [0.2, 0.25) is 0 Å². The smallest absolute Gasteiger partial charge is 0.287 e. The average Bonchev–Trinajstić information content (AvgIpc) is 2.80. The van der Waals surface area contributed by atoms with Crippen molar-refractivity contribution in [3.8, 4) is 0 Å². The molecule has 1 aliphatic carbocycles. The lowest BCUT2D eigenvalue weighted by Gasteiger charge is -2.34. The second kappa shape index (κ2) is 6.22. The van der Waals surface area contributed by atoms with E-state index in [0.717, 1.165) is 19.1 Å². The monoisotopic (exact) mass is 313 g/mol. The first-order valence-electron chi connectivity index (χ1n) is 7.33. The highest BCUT2D eigenvalue weighted by molar-refractivity contribution is 7.89. The summed E-state index contributed by atoms with van der Waals surface area (Å²) >= 11 is 0. The molecule has 0 aliphatic heterocycles. The van der Waals surface area contributed by atoms with Gasteiger partial charge in [-0.25, -0.2) is 8.42 Å². The number of nitrogens with one attached hydrogen (secondary N) is 1. The highest BCUT2D eigenvalue weighted by Gasteiger charge is 2.29. The average molecular weight is 313 g/mol. The second-order valence-corrected chi connectivity index (χ2v) is 8.36. The molecule has 1 aromatic heterocycles. The number of carbonyl (C=O) groups excluding carboxylic acids is 1. The molecule has 1 unspecified atom stereocenters. The van der Waals surface area contributed by atoms with Crippen LogP contribution >= 0.6 is 0 Å². The molecule has 0 saturated heterocycles. The van der Waals surface area contributed by atoms with E-state index < -0.39 is 9.84 Å². The predicted octanol–water partition coefficient (Wildman–Crippen LogP) is 2.38. The quantitative estimate of drug-likeness (QED) is 0.926. The Hall–Kier alpha value is -1.30. The van der Waals surface area contributed by atoms with Gasteiger partial charge in [0.05, 0.1) is 0 Å². The van der Waals surface area contributed by atoms with Gasteiger partial charge >= 0.3 is 0 Å². The maximum Gasteiger partial charge on any atom is 0.287 e. The molecule has 1 aromatic rings. The van der Waals surface area contributed by atoms with E-state index in [9.17, 15) is 13.2 Å². The van der Waals surface area contributed by atoms with Gasteiger partial charge in [0.15, 0.2) is 15.6 Å². The highest BCUT2D eigenvalue weighted by Crippen LogP contribution is 2.29. The molecule has 1 aliphatic rings. The van der Waals surface area contributed by atoms with Gasteiger partial charge in [-0.1, -0.05) is 20.3 Å². The zero-order valence-corrected chi connectivity index (χ0v) is 13.6. The Morgan fingerprint density at radius 2 is 1.90 bits per heavy atom. The van der Waals surface area contributed by atoms with Crippen molar-refractivity contribution in [2.75, 3.05) is 6.26 Å². The van der Waals surface area contributed by atoms with Gasteiger partial charge in [-0.3, -0.25) is 4.79 Å². The molecule has 0 radical (unpaired) electrons. The molecule has 0 bridgehead atoms. The number of sulfone groups is 1. The van der Waals surface area contributed by atoms with Crippen molar-refractivity contribution >= 4 is 15.7 Å². The van der Waals surface area contributed by atoms with Crippen LogP contribution < -0.4 is 5.32 Å². The fourth-order valence-electron chi connectivity index (χ4n) is 3.02. The van der Waals surface area contributed by atoms with E-state index in [2.05, 4.69) is 19.2 Å². The molecule has 0 aromatic carbocycles. The summed E-state index contributed by atoms with van der Waals surface area (Å²) in [6.45, 7) is 4.30. The number of amides is 1. The van der Waals surface area contributed by atoms with Crippen molar-refractivity contribution in [3.63, 3.8) is 0 Å². The largest absolute Gasteiger partial charge is 0.455 e. The molecule has 1 saturated carbocycles. The lowest BCUT2D eigenvalue weighted by molar-refractivity contribution is 0.0851. The summed E-state index contributed by atoms with van der Waals surface area (Å²) in [5.41, 5.74) is 0. The molecular weight excluding hydrogens is 290 g/mol. The molecule has 21 heavy (non-hydrogen) atoms. The Morgan fingerprint density at radius 3 is 2.48 bits per heavy atom. The topological polar surface area (TPSA) is 76.4 Å². The maximum atomic E-state index is 12.2. The van der Waals surface area contributed by atoms with E-state index >= 15 is 0 Å². The van der Waals surface area contributed by atoms with Crippen molar-refractivity contribution in [3.05, 3.63) is 23.7 Å². The minimum absolute atomic E-state index is 0.148. The predicted molar refractivity (Wildman–Crippen MR) is 80.7 cm³/mol. The zero-order valence-electron chi connectivity index (χ0n) is 12.8. The summed E-state index contributed by atoms with van der Waals surface area (Å²) < 4.78 is 27.8. The molecule has 1 amide bonds. The van der Waals surface area contributed by atoms with Crippen LogP contribution in [0.25, 0.3) is 0 Å².